The highest BCUT2D eigenvalue weighted by molar-refractivity contribution is 5.50. The summed E-state index contributed by atoms with van der Waals surface area (Å²) in [6.07, 6.45) is 0. The van der Waals surface area contributed by atoms with Crippen molar-refractivity contribution in [2.75, 3.05) is 12.4 Å². The van der Waals surface area contributed by atoms with Crippen LogP contribution in [0.2, 0.25) is 0 Å². The maximum Gasteiger partial charge on any atom is 0.0350 e. The predicted octanol–water partition coefficient (Wildman–Crippen LogP) is 3.13. The molecule has 1 N–H and O–H groups in total. The molecule has 1 aromatic carbocycles. The lowest BCUT2D eigenvalue weighted by Gasteiger charge is -2.07. The Bertz CT molecular complexity index is 361. The minimum absolute atomic E-state index is 0.0651. The van der Waals surface area contributed by atoms with Crippen LogP contribution in [0.25, 0.3) is 0 Å². The van der Waals surface area contributed by atoms with Crippen molar-refractivity contribution in [3.05, 3.63) is 29.8 Å². The third-order valence-corrected chi connectivity index (χ3v) is 1.73. The minimum Gasteiger partial charge on any atom is -0.388 e. The Morgan fingerprint density at radius 1 is 1.21 bits per heavy atom. The van der Waals surface area contributed by atoms with Crippen molar-refractivity contribution in [3.63, 3.8) is 0 Å². The normalized spacial score (nSPS) is 10.3. The second kappa shape index (κ2) is 4.19. The molecule has 0 atom stereocenters. The molecule has 0 unspecified atom stereocenters. The molecule has 0 amide bonds. The first-order valence-electron chi connectivity index (χ1n) is 4.82. The second-order valence-corrected chi connectivity index (χ2v) is 4.33. The summed E-state index contributed by atoms with van der Waals surface area (Å²) in [6.45, 7) is 6.34. The number of anilines is 1. The van der Waals surface area contributed by atoms with E-state index < -0.39 is 0 Å². The third-order valence-electron chi connectivity index (χ3n) is 1.73. The van der Waals surface area contributed by atoms with Crippen molar-refractivity contribution in [1.29, 1.82) is 0 Å². The van der Waals surface area contributed by atoms with Gasteiger partial charge in [-0.05, 0) is 39.0 Å². The minimum atomic E-state index is 0.0651. The van der Waals surface area contributed by atoms with Crippen LogP contribution in [0, 0.1) is 17.3 Å². The fourth-order valence-electron chi connectivity index (χ4n) is 1.01. The molecule has 0 aromatic heterocycles. The van der Waals surface area contributed by atoms with E-state index in [-0.39, 0.29) is 5.41 Å². The van der Waals surface area contributed by atoms with Gasteiger partial charge in [-0.3, -0.25) is 0 Å². The van der Waals surface area contributed by atoms with Crippen molar-refractivity contribution < 1.29 is 0 Å². The first kappa shape index (κ1) is 10.7. The van der Waals surface area contributed by atoms with Gasteiger partial charge in [-0.25, -0.2) is 0 Å². The molecule has 0 bridgehead atoms. The quantitative estimate of drug-likeness (QED) is 0.666. The topological polar surface area (TPSA) is 12.0 Å². The number of nitrogens with one attached hydrogen (secondary N) is 1. The van der Waals surface area contributed by atoms with Crippen LogP contribution >= 0.6 is 0 Å². The molecule has 1 aromatic rings. The van der Waals surface area contributed by atoms with Gasteiger partial charge in [0.25, 0.3) is 0 Å². The van der Waals surface area contributed by atoms with Crippen LogP contribution in [-0.2, 0) is 0 Å². The summed E-state index contributed by atoms with van der Waals surface area (Å²) < 4.78 is 0. The molecule has 0 saturated carbocycles. The number of hydrogen-bond donors (Lipinski definition) is 1. The Morgan fingerprint density at radius 3 is 2.50 bits per heavy atom. The molecular formula is C13H17N. The summed E-state index contributed by atoms with van der Waals surface area (Å²) in [5.41, 5.74) is 2.23. The molecule has 0 aliphatic heterocycles. The van der Waals surface area contributed by atoms with Gasteiger partial charge in [0.05, 0.1) is 0 Å². The van der Waals surface area contributed by atoms with Crippen LogP contribution < -0.4 is 5.32 Å². The monoisotopic (exact) mass is 187 g/mol. The van der Waals surface area contributed by atoms with Crippen molar-refractivity contribution >= 4 is 5.69 Å². The highest BCUT2D eigenvalue weighted by Crippen LogP contribution is 2.12. The van der Waals surface area contributed by atoms with Crippen LogP contribution in [0.3, 0.4) is 0 Å². The van der Waals surface area contributed by atoms with Crippen LogP contribution in [0.5, 0.6) is 0 Å². The third kappa shape index (κ3) is 3.53. The Labute approximate surface area is 86.5 Å². The Kier molecular flexibility index (Phi) is 3.19. The van der Waals surface area contributed by atoms with E-state index in [9.17, 15) is 0 Å². The number of benzene rings is 1. The van der Waals surface area contributed by atoms with Gasteiger partial charge in [-0.15, -0.1) is 0 Å². The zero-order valence-electron chi connectivity index (χ0n) is 9.31. The number of hydrogen-bond acceptors (Lipinski definition) is 1. The predicted molar refractivity (Wildman–Crippen MR) is 62.3 cm³/mol. The highest BCUT2D eigenvalue weighted by atomic mass is 14.8. The van der Waals surface area contributed by atoms with Crippen LogP contribution in [-0.4, -0.2) is 7.05 Å². The average molecular weight is 187 g/mol. The molecule has 0 spiro atoms. The van der Waals surface area contributed by atoms with Gasteiger partial charge in [0.2, 0.25) is 0 Å². The van der Waals surface area contributed by atoms with Gasteiger partial charge in [0.1, 0.15) is 0 Å². The van der Waals surface area contributed by atoms with E-state index in [4.69, 9.17) is 0 Å². The zero-order valence-corrected chi connectivity index (χ0v) is 9.31. The summed E-state index contributed by atoms with van der Waals surface area (Å²) in [5, 5.41) is 3.10. The van der Waals surface area contributed by atoms with Gasteiger partial charge in [0.15, 0.2) is 0 Å². The Balaban J connectivity index is 2.90. The largest absolute Gasteiger partial charge is 0.388 e. The first-order chi connectivity index (χ1) is 6.51. The van der Waals surface area contributed by atoms with E-state index in [2.05, 4.69) is 44.0 Å². The molecule has 0 aliphatic rings. The SMILES string of the molecule is CNc1cccc(C#CC(C)(C)C)c1. The van der Waals surface area contributed by atoms with E-state index in [1.165, 1.54) is 0 Å². The van der Waals surface area contributed by atoms with E-state index in [0.717, 1.165) is 11.3 Å². The standard InChI is InChI=1S/C13H17N/c1-13(2,3)9-8-11-6-5-7-12(10-11)14-4/h5-7,10,14H,1-4H3. The molecule has 1 rings (SSSR count). The fourth-order valence-corrected chi connectivity index (χ4v) is 1.01. The van der Waals surface area contributed by atoms with Crippen LogP contribution in [0.15, 0.2) is 24.3 Å². The molecule has 0 fully saturated rings. The van der Waals surface area contributed by atoms with E-state index in [1.54, 1.807) is 0 Å². The molecule has 0 radical (unpaired) electrons. The summed E-state index contributed by atoms with van der Waals surface area (Å²) in [4.78, 5) is 0. The van der Waals surface area contributed by atoms with Gasteiger partial charge in [-0.1, -0.05) is 17.9 Å². The maximum atomic E-state index is 3.21. The molecule has 1 heteroatoms. The second-order valence-electron chi connectivity index (χ2n) is 4.33. The van der Waals surface area contributed by atoms with Gasteiger partial charge in [-0.2, -0.15) is 0 Å². The highest BCUT2D eigenvalue weighted by Gasteiger charge is 2.03. The van der Waals surface area contributed by atoms with Gasteiger partial charge < -0.3 is 5.32 Å². The van der Waals surface area contributed by atoms with Gasteiger partial charge >= 0.3 is 0 Å². The lowest BCUT2D eigenvalue weighted by Crippen LogP contribution is -1.99. The van der Waals surface area contributed by atoms with Crippen LogP contribution in [0.1, 0.15) is 26.3 Å². The lowest BCUT2D eigenvalue weighted by molar-refractivity contribution is 0.571. The van der Waals surface area contributed by atoms with E-state index in [0.29, 0.717) is 0 Å². The van der Waals surface area contributed by atoms with Crippen molar-refractivity contribution in [2.24, 2.45) is 5.41 Å². The maximum absolute atomic E-state index is 3.21. The molecule has 0 saturated heterocycles. The average Bonchev–Trinajstić information content (AvgIpc) is 2.14. The number of rotatable bonds is 1. The van der Waals surface area contributed by atoms with Crippen molar-refractivity contribution in [2.45, 2.75) is 20.8 Å². The zero-order chi connectivity index (χ0) is 10.6. The van der Waals surface area contributed by atoms with Crippen LogP contribution in [0.4, 0.5) is 5.69 Å². The van der Waals surface area contributed by atoms with Crippen molar-refractivity contribution in [1.82, 2.24) is 0 Å². The smallest absolute Gasteiger partial charge is 0.0350 e. The molecule has 1 nitrogen and oxygen atoms in total. The summed E-state index contributed by atoms with van der Waals surface area (Å²) in [7, 11) is 1.91. The summed E-state index contributed by atoms with van der Waals surface area (Å²) >= 11 is 0. The molecule has 14 heavy (non-hydrogen) atoms. The lowest BCUT2D eigenvalue weighted by atomic mass is 9.97. The Hall–Kier alpha value is -1.42. The van der Waals surface area contributed by atoms with Gasteiger partial charge in [0, 0.05) is 23.7 Å². The summed E-state index contributed by atoms with van der Waals surface area (Å²) in [5.74, 6) is 6.38. The Morgan fingerprint density at radius 2 is 1.93 bits per heavy atom. The summed E-state index contributed by atoms with van der Waals surface area (Å²) in [6, 6.07) is 8.12. The molecule has 0 heterocycles. The molecule has 74 valence electrons. The molecule has 0 aliphatic carbocycles. The van der Waals surface area contributed by atoms with Crippen molar-refractivity contribution in [3.8, 4) is 11.8 Å². The van der Waals surface area contributed by atoms with E-state index >= 15 is 0 Å². The molecular weight excluding hydrogens is 170 g/mol. The van der Waals surface area contributed by atoms with E-state index in [1.807, 2.05) is 25.2 Å². The first-order valence-corrected chi connectivity index (χ1v) is 4.82. The fraction of sp³-hybridized carbons (Fsp3) is 0.385.